The molecule has 2 aromatic carbocycles. The van der Waals surface area contributed by atoms with Gasteiger partial charge in [-0.25, -0.2) is 0 Å². The van der Waals surface area contributed by atoms with Gasteiger partial charge in [0.05, 0.1) is 4.92 Å². The molecule has 0 saturated heterocycles. The highest BCUT2D eigenvalue weighted by Gasteiger charge is 2.13. The predicted molar refractivity (Wildman–Crippen MR) is 82.6 cm³/mol. The molecule has 0 amide bonds. The topological polar surface area (TPSA) is 96.0 Å². The van der Waals surface area contributed by atoms with Gasteiger partial charge in [0, 0.05) is 28.4 Å². The SMILES string of the molecule is Cc1cc([N+](=O)[O-])cc(N=Cc2cc(Br)ccc2O)c1O. The van der Waals surface area contributed by atoms with Crippen molar-refractivity contribution in [2.75, 3.05) is 0 Å². The quantitative estimate of drug-likeness (QED) is 0.499. The van der Waals surface area contributed by atoms with Crippen molar-refractivity contribution in [3.05, 3.63) is 56.0 Å². The highest BCUT2D eigenvalue weighted by molar-refractivity contribution is 9.10. The van der Waals surface area contributed by atoms with Gasteiger partial charge in [-0.15, -0.1) is 0 Å². The van der Waals surface area contributed by atoms with E-state index in [-0.39, 0.29) is 22.9 Å². The number of nitro groups is 1. The van der Waals surface area contributed by atoms with E-state index in [1.54, 1.807) is 19.1 Å². The Bertz CT molecular complexity index is 744. The molecule has 0 aliphatic rings. The second-order valence-corrected chi connectivity index (χ2v) is 5.26. The summed E-state index contributed by atoms with van der Waals surface area (Å²) < 4.78 is 0.751. The van der Waals surface area contributed by atoms with Crippen LogP contribution in [0, 0.1) is 17.0 Å². The molecule has 0 spiro atoms. The molecule has 21 heavy (non-hydrogen) atoms. The van der Waals surface area contributed by atoms with Crippen LogP contribution in [0.1, 0.15) is 11.1 Å². The third-order valence-corrected chi connectivity index (χ3v) is 3.30. The van der Waals surface area contributed by atoms with Crippen molar-refractivity contribution in [3.63, 3.8) is 0 Å². The number of aromatic hydroxyl groups is 2. The molecule has 0 heterocycles. The largest absolute Gasteiger partial charge is 0.507 e. The Kier molecular flexibility index (Phi) is 4.23. The number of phenols is 2. The Morgan fingerprint density at radius 1 is 1.29 bits per heavy atom. The number of nitro benzene ring substituents is 1. The van der Waals surface area contributed by atoms with E-state index >= 15 is 0 Å². The lowest BCUT2D eigenvalue weighted by atomic mass is 10.1. The van der Waals surface area contributed by atoms with Crippen molar-refractivity contribution < 1.29 is 15.1 Å². The van der Waals surface area contributed by atoms with Gasteiger partial charge in [-0.05, 0) is 30.7 Å². The average Bonchev–Trinajstić information content (AvgIpc) is 2.43. The van der Waals surface area contributed by atoms with Crippen LogP contribution in [0.4, 0.5) is 11.4 Å². The van der Waals surface area contributed by atoms with Crippen LogP contribution in [0.5, 0.6) is 11.5 Å². The van der Waals surface area contributed by atoms with Gasteiger partial charge in [-0.1, -0.05) is 15.9 Å². The third-order valence-electron chi connectivity index (χ3n) is 2.81. The second-order valence-electron chi connectivity index (χ2n) is 4.35. The summed E-state index contributed by atoms with van der Waals surface area (Å²) in [5.41, 5.74) is 0.694. The number of benzene rings is 2. The number of hydrogen-bond acceptors (Lipinski definition) is 5. The van der Waals surface area contributed by atoms with Crippen molar-refractivity contribution >= 4 is 33.5 Å². The molecule has 108 valence electrons. The molecule has 0 atom stereocenters. The zero-order valence-corrected chi connectivity index (χ0v) is 12.5. The first-order valence-electron chi connectivity index (χ1n) is 5.89. The molecule has 2 rings (SSSR count). The van der Waals surface area contributed by atoms with Gasteiger partial charge in [0.2, 0.25) is 0 Å². The summed E-state index contributed by atoms with van der Waals surface area (Å²) in [6.07, 6.45) is 1.33. The van der Waals surface area contributed by atoms with E-state index in [9.17, 15) is 20.3 Å². The summed E-state index contributed by atoms with van der Waals surface area (Å²) in [4.78, 5) is 14.3. The second kappa shape index (κ2) is 5.92. The summed E-state index contributed by atoms with van der Waals surface area (Å²) in [7, 11) is 0. The molecule has 0 unspecified atom stereocenters. The van der Waals surface area contributed by atoms with Crippen LogP contribution >= 0.6 is 15.9 Å². The standard InChI is InChI=1S/C14H11BrN2O4/c1-8-4-11(17(20)21)6-12(14(8)19)16-7-9-5-10(15)2-3-13(9)18/h2-7,18-19H,1H3. The van der Waals surface area contributed by atoms with E-state index in [1.165, 1.54) is 24.4 Å². The van der Waals surface area contributed by atoms with E-state index in [0.717, 1.165) is 4.47 Å². The van der Waals surface area contributed by atoms with E-state index in [1.807, 2.05) is 0 Å². The number of aliphatic imine (C=N–C) groups is 1. The predicted octanol–water partition coefficient (Wildman–Crippen LogP) is 3.83. The monoisotopic (exact) mass is 350 g/mol. The highest BCUT2D eigenvalue weighted by atomic mass is 79.9. The molecular formula is C14H11BrN2O4. The summed E-state index contributed by atoms with van der Waals surface area (Å²) in [6, 6.07) is 7.24. The number of hydrogen-bond donors (Lipinski definition) is 2. The molecule has 0 saturated carbocycles. The van der Waals surface area contributed by atoms with Crippen molar-refractivity contribution in [1.82, 2.24) is 0 Å². The van der Waals surface area contributed by atoms with Gasteiger partial charge in [0.1, 0.15) is 17.2 Å². The zero-order chi connectivity index (χ0) is 15.6. The molecule has 0 aliphatic heterocycles. The van der Waals surface area contributed by atoms with E-state index < -0.39 is 4.92 Å². The third kappa shape index (κ3) is 3.38. The van der Waals surface area contributed by atoms with E-state index in [2.05, 4.69) is 20.9 Å². The molecule has 0 radical (unpaired) electrons. The summed E-state index contributed by atoms with van der Waals surface area (Å²) in [6.45, 7) is 1.55. The lowest BCUT2D eigenvalue weighted by Crippen LogP contribution is -1.89. The number of non-ortho nitro benzene ring substituents is 1. The first-order chi connectivity index (χ1) is 9.88. The smallest absolute Gasteiger partial charge is 0.272 e. The molecule has 0 aliphatic carbocycles. The normalized spacial score (nSPS) is 11.0. The van der Waals surface area contributed by atoms with Crippen LogP contribution in [-0.2, 0) is 0 Å². The number of rotatable bonds is 3. The molecule has 2 aromatic rings. The fraction of sp³-hybridized carbons (Fsp3) is 0.0714. The van der Waals surface area contributed by atoms with Gasteiger partial charge >= 0.3 is 0 Å². The van der Waals surface area contributed by atoms with Gasteiger partial charge < -0.3 is 10.2 Å². The van der Waals surface area contributed by atoms with Gasteiger partial charge in [-0.2, -0.15) is 0 Å². The maximum Gasteiger partial charge on any atom is 0.272 e. The van der Waals surface area contributed by atoms with Crippen LogP contribution in [0.3, 0.4) is 0 Å². The minimum atomic E-state index is -0.554. The van der Waals surface area contributed by atoms with E-state index in [4.69, 9.17) is 0 Å². The molecule has 6 nitrogen and oxygen atoms in total. The van der Waals surface area contributed by atoms with Gasteiger partial charge in [-0.3, -0.25) is 15.1 Å². The average molecular weight is 351 g/mol. The summed E-state index contributed by atoms with van der Waals surface area (Å²) in [5, 5.41) is 30.4. The van der Waals surface area contributed by atoms with Crippen LogP contribution in [-0.4, -0.2) is 21.4 Å². The van der Waals surface area contributed by atoms with E-state index in [0.29, 0.717) is 11.1 Å². The van der Waals surface area contributed by atoms with Crippen LogP contribution < -0.4 is 0 Å². The first kappa shape index (κ1) is 15.0. The van der Waals surface area contributed by atoms with Gasteiger partial charge in [0.25, 0.3) is 5.69 Å². The Hall–Kier alpha value is -2.41. The minimum absolute atomic E-state index is 0.0172. The fourth-order valence-electron chi connectivity index (χ4n) is 1.71. The molecule has 2 N–H and O–H groups in total. The molecule has 0 bridgehead atoms. The Morgan fingerprint density at radius 2 is 2.00 bits per heavy atom. The van der Waals surface area contributed by atoms with Crippen molar-refractivity contribution in [2.24, 2.45) is 4.99 Å². The van der Waals surface area contributed by atoms with Gasteiger partial charge in [0.15, 0.2) is 0 Å². The highest BCUT2D eigenvalue weighted by Crippen LogP contribution is 2.34. The maximum atomic E-state index is 10.8. The van der Waals surface area contributed by atoms with Crippen molar-refractivity contribution in [3.8, 4) is 11.5 Å². The minimum Gasteiger partial charge on any atom is -0.507 e. The fourth-order valence-corrected chi connectivity index (χ4v) is 2.09. The van der Waals surface area contributed by atoms with Crippen molar-refractivity contribution in [1.29, 1.82) is 0 Å². The van der Waals surface area contributed by atoms with Crippen LogP contribution in [0.25, 0.3) is 0 Å². The number of nitrogens with zero attached hydrogens (tertiary/aromatic N) is 2. The first-order valence-corrected chi connectivity index (χ1v) is 6.68. The lowest BCUT2D eigenvalue weighted by Gasteiger charge is -2.03. The Morgan fingerprint density at radius 3 is 2.67 bits per heavy atom. The molecular weight excluding hydrogens is 340 g/mol. The number of halogens is 1. The maximum absolute atomic E-state index is 10.8. The summed E-state index contributed by atoms with van der Waals surface area (Å²) in [5.74, 6) is -0.116. The zero-order valence-electron chi connectivity index (χ0n) is 10.9. The van der Waals surface area contributed by atoms with Crippen molar-refractivity contribution in [2.45, 2.75) is 6.92 Å². The summed E-state index contributed by atoms with van der Waals surface area (Å²) >= 11 is 3.27. The number of aryl methyl sites for hydroxylation is 1. The Balaban J connectivity index is 2.45. The van der Waals surface area contributed by atoms with Crippen LogP contribution in [0.2, 0.25) is 0 Å². The molecule has 0 fully saturated rings. The molecule has 7 heteroatoms. The lowest BCUT2D eigenvalue weighted by molar-refractivity contribution is -0.384. The Labute approximate surface area is 128 Å². The molecule has 0 aromatic heterocycles. The van der Waals surface area contributed by atoms with Crippen LogP contribution in [0.15, 0.2) is 39.8 Å². The number of phenolic OH excluding ortho intramolecular Hbond substituents is 2.